The van der Waals surface area contributed by atoms with Crippen LogP contribution < -0.4 is 10.1 Å². The van der Waals surface area contributed by atoms with Crippen molar-refractivity contribution in [2.24, 2.45) is 0 Å². The molecule has 0 fully saturated rings. The molecule has 0 saturated carbocycles. The number of hydrogen-bond donors (Lipinski definition) is 1. The van der Waals surface area contributed by atoms with E-state index in [2.05, 4.69) is 15.4 Å². The molecule has 1 aromatic carbocycles. The summed E-state index contributed by atoms with van der Waals surface area (Å²) in [6.45, 7) is 5.82. The summed E-state index contributed by atoms with van der Waals surface area (Å²) < 4.78 is 45.2. The highest BCUT2D eigenvalue weighted by Crippen LogP contribution is 2.29. The van der Waals surface area contributed by atoms with Crippen LogP contribution in [-0.2, 0) is 11.0 Å². The van der Waals surface area contributed by atoms with E-state index < -0.39 is 11.7 Å². The molecule has 1 N–H and O–H groups in total. The first-order valence-electron chi connectivity index (χ1n) is 9.24. The number of carbonyl (C=O) groups excluding carboxylic acids is 1. The number of carbonyl (C=O) groups is 1. The fourth-order valence-electron chi connectivity index (χ4n) is 2.78. The van der Waals surface area contributed by atoms with E-state index in [9.17, 15) is 18.0 Å². The molecule has 30 heavy (non-hydrogen) atoms. The Morgan fingerprint density at radius 3 is 2.60 bits per heavy atom. The number of alkyl halides is 3. The molecule has 0 atom stereocenters. The second kappa shape index (κ2) is 8.56. The highest BCUT2D eigenvalue weighted by molar-refractivity contribution is 5.90. The number of nitrogens with one attached hydrogen (secondary N) is 1. The number of aryl methyl sites for hydroxylation is 2. The number of benzene rings is 1. The standard InChI is InChI=1S/C21H21F3N4O2/c1-13-5-4-6-17(15(13)3)30-10-9-20(29)26-19-11-14(2)27-28(19)18-8-7-16(12-25-18)21(22,23)24/h4-8,11-12H,9-10H2,1-3H3,(H,26,29). The number of aromatic nitrogens is 3. The Morgan fingerprint density at radius 2 is 1.93 bits per heavy atom. The molecular formula is C21H21F3N4O2. The summed E-state index contributed by atoms with van der Waals surface area (Å²) in [4.78, 5) is 16.2. The van der Waals surface area contributed by atoms with Crippen LogP contribution in [0.4, 0.5) is 19.0 Å². The van der Waals surface area contributed by atoms with Crippen molar-refractivity contribution in [3.05, 3.63) is 65.0 Å². The van der Waals surface area contributed by atoms with E-state index in [-0.39, 0.29) is 24.8 Å². The Kier molecular flexibility index (Phi) is 6.09. The molecule has 0 radical (unpaired) electrons. The van der Waals surface area contributed by atoms with Crippen LogP contribution in [0.15, 0.2) is 42.6 Å². The van der Waals surface area contributed by atoms with E-state index in [4.69, 9.17) is 4.74 Å². The maximum Gasteiger partial charge on any atom is 0.417 e. The molecule has 2 aromatic heterocycles. The molecule has 158 valence electrons. The van der Waals surface area contributed by atoms with Gasteiger partial charge in [-0.2, -0.15) is 23.0 Å². The number of ether oxygens (including phenoxy) is 1. The lowest BCUT2D eigenvalue weighted by Gasteiger charge is -2.12. The van der Waals surface area contributed by atoms with Crippen molar-refractivity contribution >= 4 is 11.7 Å². The molecule has 3 rings (SSSR count). The molecule has 0 aliphatic heterocycles. The zero-order valence-corrected chi connectivity index (χ0v) is 16.7. The number of pyridine rings is 1. The highest BCUT2D eigenvalue weighted by atomic mass is 19.4. The summed E-state index contributed by atoms with van der Waals surface area (Å²) in [5.41, 5.74) is 1.84. The van der Waals surface area contributed by atoms with Gasteiger partial charge in [0.15, 0.2) is 5.82 Å². The Labute approximate surface area is 171 Å². The number of nitrogens with zero attached hydrogens (tertiary/aromatic N) is 3. The lowest BCUT2D eigenvalue weighted by atomic mass is 10.1. The summed E-state index contributed by atoms with van der Waals surface area (Å²) in [6, 6.07) is 9.44. The normalized spacial score (nSPS) is 11.4. The van der Waals surface area contributed by atoms with Crippen molar-refractivity contribution < 1.29 is 22.7 Å². The number of hydrogen-bond acceptors (Lipinski definition) is 4. The van der Waals surface area contributed by atoms with E-state index in [1.54, 1.807) is 13.0 Å². The largest absolute Gasteiger partial charge is 0.493 e. The zero-order chi connectivity index (χ0) is 21.9. The quantitative estimate of drug-likeness (QED) is 0.634. The fraction of sp³-hybridized carbons (Fsp3) is 0.286. The van der Waals surface area contributed by atoms with Crippen molar-refractivity contribution in [1.29, 1.82) is 0 Å². The molecule has 0 bridgehead atoms. The Bertz CT molecular complexity index is 1040. The maximum absolute atomic E-state index is 12.7. The van der Waals surface area contributed by atoms with Crippen LogP contribution >= 0.6 is 0 Å². The van der Waals surface area contributed by atoms with Crippen molar-refractivity contribution in [2.45, 2.75) is 33.4 Å². The van der Waals surface area contributed by atoms with Gasteiger partial charge in [-0.15, -0.1) is 0 Å². The molecule has 0 saturated heterocycles. The second-order valence-electron chi connectivity index (χ2n) is 6.83. The fourth-order valence-corrected chi connectivity index (χ4v) is 2.78. The van der Waals surface area contributed by atoms with Gasteiger partial charge in [0.1, 0.15) is 11.6 Å². The summed E-state index contributed by atoms with van der Waals surface area (Å²) in [6.07, 6.45) is -3.65. The average molecular weight is 418 g/mol. The van der Waals surface area contributed by atoms with Gasteiger partial charge in [0.25, 0.3) is 0 Å². The molecule has 1 amide bonds. The van der Waals surface area contributed by atoms with Crippen LogP contribution in [0.2, 0.25) is 0 Å². The van der Waals surface area contributed by atoms with Gasteiger partial charge in [-0.1, -0.05) is 12.1 Å². The average Bonchev–Trinajstić information content (AvgIpc) is 3.04. The monoisotopic (exact) mass is 418 g/mol. The predicted octanol–water partition coefficient (Wildman–Crippen LogP) is 4.62. The van der Waals surface area contributed by atoms with Gasteiger partial charge < -0.3 is 10.1 Å². The minimum absolute atomic E-state index is 0.0953. The second-order valence-corrected chi connectivity index (χ2v) is 6.83. The minimum atomic E-state index is -4.47. The lowest BCUT2D eigenvalue weighted by molar-refractivity contribution is -0.137. The van der Waals surface area contributed by atoms with Gasteiger partial charge in [0, 0.05) is 12.3 Å². The minimum Gasteiger partial charge on any atom is -0.493 e. The van der Waals surface area contributed by atoms with E-state index in [0.29, 0.717) is 11.5 Å². The maximum atomic E-state index is 12.7. The molecule has 3 aromatic rings. The van der Waals surface area contributed by atoms with Crippen molar-refractivity contribution in [3.8, 4) is 11.6 Å². The molecule has 2 heterocycles. The topological polar surface area (TPSA) is 69.0 Å². The number of rotatable bonds is 6. The van der Waals surface area contributed by atoms with Crippen molar-refractivity contribution in [2.75, 3.05) is 11.9 Å². The SMILES string of the molecule is Cc1cc(NC(=O)CCOc2cccc(C)c2C)n(-c2ccc(C(F)(F)F)cn2)n1. The third-order valence-corrected chi connectivity index (χ3v) is 4.53. The number of amides is 1. The smallest absolute Gasteiger partial charge is 0.417 e. The molecule has 0 unspecified atom stereocenters. The molecule has 0 aliphatic carbocycles. The summed E-state index contributed by atoms with van der Waals surface area (Å²) in [5, 5.41) is 6.91. The van der Waals surface area contributed by atoms with Crippen molar-refractivity contribution in [3.63, 3.8) is 0 Å². The van der Waals surface area contributed by atoms with Crippen LogP contribution in [-0.4, -0.2) is 27.3 Å². The first-order valence-corrected chi connectivity index (χ1v) is 9.24. The van der Waals surface area contributed by atoms with Crippen LogP contribution in [0.1, 0.15) is 28.8 Å². The van der Waals surface area contributed by atoms with Gasteiger partial charge in [-0.05, 0) is 50.1 Å². The van der Waals surface area contributed by atoms with Gasteiger partial charge in [-0.3, -0.25) is 4.79 Å². The molecule has 6 nitrogen and oxygen atoms in total. The molecule has 0 spiro atoms. The summed E-state index contributed by atoms with van der Waals surface area (Å²) in [7, 11) is 0. The van der Waals surface area contributed by atoms with E-state index in [1.165, 1.54) is 10.7 Å². The lowest BCUT2D eigenvalue weighted by Crippen LogP contribution is -2.18. The molecule has 9 heteroatoms. The van der Waals surface area contributed by atoms with Crippen LogP contribution in [0.5, 0.6) is 5.75 Å². The van der Waals surface area contributed by atoms with Crippen molar-refractivity contribution in [1.82, 2.24) is 14.8 Å². The first kappa shape index (κ1) is 21.4. The first-order chi connectivity index (χ1) is 14.1. The zero-order valence-electron chi connectivity index (χ0n) is 16.7. The highest BCUT2D eigenvalue weighted by Gasteiger charge is 2.30. The van der Waals surface area contributed by atoms with Crippen LogP contribution in [0.25, 0.3) is 5.82 Å². The van der Waals surface area contributed by atoms with E-state index in [1.807, 2.05) is 32.0 Å². The van der Waals surface area contributed by atoms with E-state index in [0.717, 1.165) is 29.1 Å². The Morgan fingerprint density at radius 1 is 1.17 bits per heavy atom. The van der Waals surface area contributed by atoms with Crippen LogP contribution in [0.3, 0.4) is 0 Å². The summed E-state index contributed by atoms with van der Waals surface area (Å²) in [5.74, 6) is 0.889. The Balaban J connectivity index is 1.66. The van der Waals surface area contributed by atoms with E-state index >= 15 is 0 Å². The molecular weight excluding hydrogens is 397 g/mol. The number of halogens is 3. The molecule has 0 aliphatic rings. The van der Waals surface area contributed by atoms with Crippen LogP contribution in [0, 0.1) is 20.8 Å². The third kappa shape index (κ3) is 4.97. The van der Waals surface area contributed by atoms with Gasteiger partial charge in [0.2, 0.25) is 5.91 Å². The number of anilines is 1. The van der Waals surface area contributed by atoms with Gasteiger partial charge in [-0.25, -0.2) is 4.98 Å². The Hall–Kier alpha value is -3.36. The van der Waals surface area contributed by atoms with Gasteiger partial charge >= 0.3 is 6.18 Å². The predicted molar refractivity (Wildman–Crippen MR) is 106 cm³/mol. The van der Waals surface area contributed by atoms with Gasteiger partial charge in [0.05, 0.1) is 24.3 Å². The summed E-state index contributed by atoms with van der Waals surface area (Å²) >= 11 is 0. The third-order valence-electron chi connectivity index (χ3n) is 4.53.